The summed E-state index contributed by atoms with van der Waals surface area (Å²) in [4.78, 5) is 10.9. The number of aliphatic hydroxyl groups is 1. The Morgan fingerprint density at radius 2 is 1.76 bits per heavy atom. The summed E-state index contributed by atoms with van der Waals surface area (Å²) in [5.41, 5.74) is 2.28. The van der Waals surface area contributed by atoms with Crippen LogP contribution in [0.3, 0.4) is 0 Å². The van der Waals surface area contributed by atoms with Gasteiger partial charge >= 0.3 is 0 Å². The second-order valence-corrected chi connectivity index (χ2v) is 7.50. The van der Waals surface area contributed by atoms with Crippen molar-refractivity contribution < 1.29 is 18.7 Å². The van der Waals surface area contributed by atoms with Gasteiger partial charge in [0.05, 0.1) is 12.1 Å². The quantitative estimate of drug-likeness (QED) is 0.510. The van der Waals surface area contributed by atoms with E-state index in [0.717, 1.165) is 18.1 Å². The highest BCUT2D eigenvalue weighted by molar-refractivity contribution is 5.85. The first kappa shape index (κ1) is 25.0. The molecule has 0 spiro atoms. The van der Waals surface area contributed by atoms with E-state index in [1.54, 1.807) is 0 Å². The molecule has 0 aliphatic heterocycles. The zero-order valence-corrected chi connectivity index (χ0v) is 17.7. The number of carbonyl (C=O) groups excluding carboxylic acids is 1. The van der Waals surface area contributed by atoms with Crippen LogP contribution in [0.25, 0.3) is 0 Å². The molecule has 2 rings (SSSR count). The fourth-order valence-electron chi connectivity index (χ4n) is 3.16. The molecule has 0 aliphatic carbocycles. The monoisotopic (exact) mass is 426 g/mol. The minimum atomic E-state index is -0.940. The summed E-state index contributed by atoms with van der Waals surface area (Å²) in [7, 11) is 0. The first-order valence-corrected chi connectivity index (χ1v) is 9.42. The largest absolute Gasteiger partial charge is 0.390 e. The Kier molecular flexibility index (Phi) is 9.70. The Labute approximate surface area is 177 Å². The van der Waals surface area contributed by atoms with Gasteiger partial charge in [-0.2, -0.15) is 0 Å². The molecule has 0 saturated carbocycles. The molecule has 3 N–H and O–H groups in total. The van der Waals surface area contributed by atoms with Crippen molar-refractivity contribution in [2.24, 2.45) is 0 Å². The zero-order valence-electron chi connectivity index (χ0n) is 16.9. The van der Waals surface area contributed by atoms with Gasteiger partial charge in [-0.05, 0) is 55.5 Å². The third-order valence-electron chi connectivity index (χ3n) is 4.93. The molecule has 2 aromatic carbocycles. The third-order valence-corrected chi connectivity index (χ3v) is 4.93. The van der Waals surface area contributed by atoms with E-state index in [2.05, 4.69) is 29.7 Å². The van der Waals surface area contributed by atoms with Crippen molar-refractivity contribution in [3.8, 4) is 0 Å². The minimum Gasteiger partial charge on any atom is -0.390 e. The molecular weight excluding hydrogens is 398 g/mol. The summed E-state index contributed by atoms with van der Waals surface area (Å²) in [6.07, 6.45) is 0.592. The predicted octanol–water partition coefficient (Wildman–Crippen LogP) is 3.49. The summed E-state index contributed by atoms with van der Waals surface area (Å²) >= 11 is 0. The van der Waals surface area contributed by atoms with Crippen LogP contribution in [0.1, 0.15) is 37.5 Å². The van der Waals surface area contributed by atoms with Gasteiger partial charge in [0.15, 0.2) is 0 Å². The van der Waals surface area contributed by atoms with Gasteiger partial charge in [-0.3, -0.25) is 4.79 Å². The van der Waals surface area contributed by atoms with E-state index in [-0.39, 0.29) is 25.4 Å². The molecule has 4 nitrogen and oxygen atoms in total. The van der Waals surface area contributed by atoms with Gasteiger partial charge in [0.2, 0.25) is 6.41 Å². The standard InChI is InChI=1S/C22H28F2N2O2.ClH/c1-4-15-6-5-7-17(8-15)22(2,3)26-13-21(28)20(25-14-27)11-16-9-18(23)12-19(24)10-16;/h5-10,12,14,20-21,26,28H,4,11,13H2,1-3H3,(H,25,27);1H/t20-,21-;/m0./s1. The van der Waals surface area contributed by atoms with E-state index in [4.69, 9.17) is 0 Å². The van der Waals surface area contributed by atoms with Crippen molar-refractivity contribution in [1.29, 1.82) is 0 Å². The van der Waals surface area contributed by atoms with Gasteiger partial charge in [-0.15, -0.1) is 12.4 Å². The highest BCUT2D eigenvalue weighted by Crippen LogP contribution is 2.21. The molecule has 0 bridgehead atoms. The van der Waals surface area contributed by atoms with Crippen molar-refractivity contribution in [2.45, 2.75) is 51.3 Å². The molecule has 0 unspecified atom stereocenters. The van der Waals surface area contributed by atoms with Gasteiger partial charge in [0.25, 0.3) is 0 Å². The lowest BCUT2D eigenvalue weighted by Gasteiger charge is -2.31. The molecule has 0 fully saturated rings. The van der Waals surface area contributed by atoms with Gasteiger partial charge in [0, 0.05) is 18.2 Å². The second-order valence-electron chi connectivity index (χ2n) is 7.50. The predicted molar refractivity (Wildman–Crippen MR) is 113 cm³/mol. The van der Waals surface area contributed by atoms with Crippen LogP contribution in [-0.2, 0) is 23.2 Å². The van der Waals surface area contributed by atoms with Crippen molar-refractivity contribution in [3.63, 3.8) is 0 Å². The van der Waals surface area contributed by atoms with Crippen LogP contribution in [0.15, 0.2) is 42.5 Å². The molecule has 1 amide bonds. The number of hydrogen-bond acceptors (Lipinski definition) is 3. The molecular formula is C22H29ClF2N2O2. The van der Waals surface area contributed by atoms with Crippen LogP contribution >= 0.6 is 12.4 Å². The Hall–Kier alpha value is -2.02. The molecule has 0 heterocycles. The maximum absolute atomic E-state index is 13.4. The summed E-state index contributed by atoms with van der Waals surface area (Å²) in [6.45, 7) is 6.32. The number of aliphatic hydroxyl groups excluding tert-OH is 1. The van der Waals surface area contributed by atoms with E-state index in [1.165, 1.54) is 17.7 Å². The van der Waals surface area contributed by atoms with Gasteiger partial charge in [0.1, 0.15) is 11.6 Å². The Morgan fingerprint density at radius 1 is 1.10 bits per heavy atom. The summed E-state index contributed by atoms with van der Waals surface area (Å²) in [5, 5.41) is 16.4. The van der Waals surface area contributed by atoms with E-state index < -0.39 is 29.3 Å². The fraction of sp³-hybridized carbons (Fsp3) is 0.409. The third kappa shape index (κ3) is 7.38. The number of benzene rings is 2. The molecule has 0 aliphatic rings. The first-order chi connectivity index (χ1) is 13.2. The lowest BCUT2D eigenvalue weighted by molar-refractivity contribution is -0.110. The van der Waals surface area contributed by atoms with Crippen LogP contribution < -0.4 is 10.6 Å². The molecule has 0 saturated heterocycles. The number of halogens is 3. The number of amides is 1. The van der Waals surface area contributed by atoms with Crippen LogP contribution in [0.2, 0.25) is 0 Å². The van der Waals surface area contributed by atoms with Crippen LogP contribution in [0.5, 0.6) is 0 Å². The van der Waals surface area contributed by atoms with E-state index >= 15 is 0 Å². The van der Waals surface area contributed by atoms with E-state index in [9.17, 15) is 18.7 Å². The summed E-state index contributed by atoms with van der Waals surface area (Å²) in [6, 6.07) is 10.7. The van der Waals surface area contributed by atoms with Gasteiger partial charge < -0.3 is 15.7 Å². The zero-order chi connectivity index (χ0) is 20.7. The van der Waals surface area contributed by atoms with Gasteiger partial charge in [-0.1, -0.05) is 31.2 Å². The van der Waals surface area contributed by atoms with Crippen molar-refractivity contribution in [1.82, 2.24) is 10.6 Å². The number of nitrogens with one attached hydrogen (secondary N) is 2. The number of aryl methyl sites for hydroxylation is 1. The average Bonchev–Trinajstić information content (AvgIpc) is 2.65. The van der Waals surface area contributed by atoms with E-state index in [1.807, 2.05) is 26.0 Å². The first-order valence-electron chi connectivity index (χ1n) is 9.42. The highest BCUT2D eigenvalue weighted by Gasteiger charge is 2.25. The maximum Gasteiger partial charge on any atom is 0.207 e. The smallest absolute Gasteiger partial charge is 0.207 e. The molecule has 2 atom stereocenters. The number of rotatable bonds is 10. The van der Waals surface area contributed by atoms with Crippen LogP contribution in [-0.4, -0.2) is 30.2 Å². The number of carbonyl (C=O) groups is 1. The normalized spacial score (nSPS) is 13.3. The van der Waals surface area contributed by atoms with Gasteiger partial charge in [-0.25, -0.2) is 8.78 Å². The maximum atomic E-state index is 13.4. The van der Waals surface area contributed by atoms with Crippen LogP contribution in [0.4, 0.5) is 8.78 Å². The summed E-state index contributed by atoms with van der Waals surface area (Å²) in [5.74, 6) is -1.38. The van der Waals surface area contributed by atoms with Crippen molar-refractivity contribution in [3.05, 3.63) is 70.8 Å². The lowest BCUT2D eigenvalue weighted by Crippen LogP contribution is -2.49. The Balaban J connectivity index is 0.00000420. The Morgan fingerprint density at radius 3 is 2.34 bits per heavy atom. The Bertz CT molecular complexity index is 782. The second kappa shape index (κ2) is 11.2. The average molecular weight is 427 g/mol. The van der Waals surface area contributed by atoms with Crippen LogP contribution in [0, 0.1) is 11.6 Å². The van der Waals surface area contributed by atoms with Crippen molar-refractivity contribution >= 4 is 18.8 Å². The van der Waals surface area contributed by atoms with E-state index in [0.29, 0.717) is 12.0 Å². The highest BCUT2D eigenvalue weighted by atomic mass is 35.5. The number of hydrogen-bond donors (Lipinski definition) is 3. The molecule has 2 aromatic rings. The lowest BCUT2D eigenvalue weighted by atomic mass is 9.91. The SMILES string of the molecule is CCc1cccc(C(C)(C)NC[C@H](O)[C@H](Cc2cc(F)cc(F)c2)NC=O)c1.Cl. The molecule has 160 valence electrons. The molecule has 0 aromatic heterocycles. The minimum absolute atomic E-state index is 0. The topological polar surface area (TPSA) is 61.4 Å². The van der Waals surface area contributed by atoms with Crippen molar-refractivity contribution in [2.75, 3.05) is 6.54 Å². The summed E-state index contributed by atoms with van der Waals surface area (Å²) < 4.78 is 26.8. The fourth-order valence-corrected chi connectivity index (χ4v) is 3.16. The molecule has 29 heavy (non-hydrogen) atoms. The molecule has 0 radical (unpaired) electrons. The molecule has 7 heteroatoms.